The van der Waals surface area contributed by atoms with E-state index >= 15 is 0 Å². The minimum absolute atomic E-state index is 0.861. The Balaban J connectivity index is 2.39. The molecule has 68 valence electrons. The van der Waals surface area contributed by atoms with E-state index in [1.54, 1.807) is 0 Å². The molecule has 2 heterocycles. The second-order valence-corrected chi connectivity index (χ2v) is 4.05. The SMILES string of the molecule is CC1=CCCN=C2C=CC(I)=NN12. The van der Waals surface area contributed by atoms with Crippen LogP contribution in [-0.4, -0.2) is 21.1 Å². The van der Waals surface area contributed by atoms with Crippen molar-refractivity contribution in [1.82, 2.24) is 5.01 Å². The average molecular weight is 287 g/mol. The predicted octanol–water partition coefficient (Wildman–Crippen LogP) is 2.31. The van der Waals surface area contributed by atoms with E-state index in [2.05, 4.69) is 45.7 Å². The molecule has 0 saturated carbocycles. The fourth-order valence-corrected chi connectivity index (χ4v) is 1.71. The smallest absolute Gasteiger partial charge is 0.149 e. The van der Waals surface area contributed by atoms with Crippen LogP contribution in [0.2, 0.25) is 0 Å². The molecule has 4 heteroatoms. The van der Waals surface area contributed by atoms with Gasteiger partial charge < -0.3 is 0 Å². The molecule has 0 aromatic heterocycles. The molecule has 0 saturated heterocycles. The highest BCUT2D eigenvalue weighted by molar-refractivity contribution is 14.1. The van der Waals surface area contributed by atoms with Gasteiger partial charge in [0.25, 0.3) is 0 Å². The second kappa shape index (κ2) is 3.61. The standard InChI is InChI=1S/C9H10IN3/c1-7-3-2-6-11-9-5-4-8(10)12-13(7)9/h3-5H,2,6H2,1H3. The van der Waals surface area contributed by atoms with Crippen molar-refractivity contribution in [1.29, 1.82) is 0 Å². The largest absolute Gasteiger partial charge is 0.266 e. The van der Waals surface area contributed by atoms with E-state index in [0.29, 0.717) is 0 Å². The Morgan fingerprint density at radius 2 is 2.31 bits per heavy atom. The first-order valence-corrected chi connectivity index (χ1v) is 5.29. The molecule has 3 nitrogen and oxygen atoms in total. The van der Waals surface area contributed by atoms with Crippen molar-refractivity contribution in [3.63, 3.8) is 0 Å². The van der Waals surface area contributed by atoms with Gasteiger partial charge in [-0.05, 0) is 48.1 Å². The minimum Gasteiger partial charge on any atom is -0.266 e. The van der Waals surface area contributed by atoms with Crippen molar-refractivity contribution >= 4 is 32.1 Å². The lowest BCUT2D eigenvalue weighted by atomic mass is 10.3. The summed E-state index contributed by atoms with van der Waals surface area (Å²) in [5.74, 6) is 0.951. The Hall–Kier alpha value is -0.650. The van der Waals surface area contributed by atoms with E-state index in [0.717, 1.165) is 28.2 Å². The first-order chi connectivity index (χ1) is 6.27. The van der Waals surface area contributed by atoms with Gasteiger partial charge in [-0.15, -0.1) is 0 Å². The Kier molecular flexibility index (Phi) is 2.48. The van der Waals surface area contributed by atoms with Crippen LogP contribution in [0.1, 0.15) is 13.3 Å². The number of hydrogen-bond acceptors (Lipinski definition) is 3. The highest BCUT2D eigenvalue weighted by Crippen LogP contribution is 2.16. The summed E-state index contributed by atoms with van der Waals surface area (Å²) in [4.78, 5) is 4.42. The number of nitrogens with zero attached hydrogens (tertiary/aromatic N) is 3. The van der Waals surface area contributed by atoms with Crippen LogP contribution < -0.4 is 0 Å². The molecule has 13 heavy (non-hydrogen) atoms. The number of amidine groups is 1. The van der Waals surface area contributed by atoms with E-state index < -0.39 is 0 Å². The molecule has 0 aliphatic carbocycles. The first kappa shape index (κ1) is 8.93. The molecular weight excluding hydrogens is 277 g/mol. The monoisotopic (exact) mass is 287 g/mol. The van der Waals surface area contributed by atoms with Crippen LogP contribution >= 0.6 is 22.6 Å². The normalized spacial score (nSPS) is 21.4. The summed E-state index contributed by atoms with van der Waals surface area (Å²) >= 11 is 2.21. The van der Waals surface area contributed by atoms with Gasteiger partial charge in [-0.25, -0.2) is 5.01 Å². The van der Waals surface area contributed by atoms with Gasteiger partial charge in [0.1, 0.15) is 9.55 Å². The van der Waals surface area contributed by atoms with Crippen LogP contribution in [0, 0.1) is 0 Å². The molecule has 0 fully saturated rings. The fraction of sp³-hybridized carbons (Fsp3) is 0.333. The third-order valence-corrected chi connectivity index (χ3v) is 2.53. The van der Waals surface area contributed by atoms with Crippen molar-refractivity contribution in [2.24, 2.45) is 10.1 Å². The lowest BCUT2D eigenvalue weighted by Gasteiger charge is -2.21. The van der Waals surface area contributed by atoms with Crippen LogP contribution in [0.5, 0.6) is 0 Å². The summed E-state index contributed by atoms with van der Waals surface area (Å²) in [6.07, 6.45) is 7.17. The zero-order chi connectivity index (χ0) is 9.26. The van der Waals surface area contributed by atoms with Crippen molar-refractivity contribution in [3.8, 4) is 0 Å². The molecule has 2 rings (SSSR count). The third-order valence-electron chi connectivity index (χ3n) is 1.96. The van der Waals surface area contributed by atoms with Gasteiger partial charge in [-0.3, -0.25) is 4.99 Å². The summed E-state index contributed by atoms with van der Waals surface area (Å²) in [5, 5.41) is 6.29. The van der Waals surface area contributed by atoms with Crippen molar-refractivity contribution < 1.29 is 0 Å². The van der Waals surface area contributed by atoms with Gasteiger partial charge >= 0.3 is 0 Å². The highest BCUT2D eigenvalue weighted by atomic mass is 127. The first-order valence-electron chi connectivity index (χ1n) is 4.21. The molecule has 0 spiro atoms. The Bertz CT molecular complexity index is 339. The lowest BCUT2D eigenvalue weighted by molar-refractivity contribution is 0.555. The maximum atomic E-state index is 4.42. The highest BCUT2D eigenvalue weighted by Gasteiger charge is 2.15. The van der Waals surface area contributed by atoms with Crippen molar-refractivity contribution in [2.75, 3.05) is 6.54 Å². The van der Waals surface area contributed by atoms with Gasteiger partial charge in [0, 0.05) is 12.2 Å². The lowest BCUT2D eigenvalue weighted by Crippen LogP contribution is -2.25. The molecule has 0 N–H and O–H groups in total. The topological polar surface area (TPSA) is 28.0 Å². The number of rotatable bonds is 0. The second-order valence-electron chi connectivity index (χ2n) is 2.94. The van der Waals surface area contributed by atoms with Gasteiger partial charge in [-0.2, -0.15) is 5.10 Å². The number of hydrazone groups is 1. The summed E-state index contributed by atoms with van der Waals surface area (Å²) < 4.78 is 0.992. The van der Waals surface area contributed by atoms with E-state index in [9.17, 15) is 0 Å². The predicted molar refractivity (Wildman–Crippen MR) is 63.1 cm³/mol. The van der Waals surface area contributed by atoms with E-state index in [1.165, 1.54) is 0 Å². The van der Waals surface area contributed by atoms with E-state index in [-0.39, 0.29) is 0 Å². The number of allylic oxidation sites excluding steroid dienone is 2. The number of fused-ring (bicyclic) bond motifs is 1. The average Bonchev–Trinajstić information content (AvgIpc) is 2.29. The summed E-state index contributed by atoms with van der Waals surface area (Å²) in [6, 6.07) is 0. The fourth-order valence-electron chi connectivity index (χ4n) is 1.31. The van der Waals surface area contributed by atoms with Crippen LogP contribution in [0.25, 0.3) is 0 Å². The van der Waals surface area contributed by atoms with Crippen LogP contribution in [0.3, 0.4) is 0 Å². The molecule has 2 aliphatic rings. The van der Waals surface area contributed by atoms with E-state index in [4.69, 9.17) is 0 Å². The quantitative estimate of drug-likeness (QED) is 0.628. The molecule has 2 aliphatic heterocycles. The Morgan fingerprint density at radius 3 is 3.15 bits per heavy atom. The van der Waals surface area contributed by atoms with Gasteiger partial charge in [0.05, 0.1) is 0 Å². The van der Waals surface area contributed by atoms with Gasteiger partial charge in [0.15, 0.2) is 0 Å². The van der Waals surface area contributed by atoms with Gasteiger partial charge in [-0.1, -0.05) is 6.08 Å². The number of aliphatic imine (C=N–C) groups is 1. The van der Waals surface area contributed by atoms with Crippen molar-refractivity contribution in [3.05, 3.63) is 23.9 Å². The summed E-state index contributed by atoms with van der Waals surface area (Å²) in [6.45, 7) is 2.92. The molecular formula is C9H10IN3. The van der Waals surface area contributed by atoms with Crippen molar-refractivity contribution in [2.45, 2.75) is 13.3 Å². The maximum absolute atomic E-state index is 4.42. The molecule has 0 radical (unpaired) electrons. The van der Waals surface area contributed by atoms with E-state index in [1.807, 2.05) is 17.2 Å². The maximum Gasteiger partial charge on any atom is 0.149 e. The van der Waals surface area contributed by atoms with Crippen LogP contribution in [-0.2, 0) is 0 Å². The molecule has 0 amide bonds. The minimum atomic E-state index is 0.861. The summed E-state index contributed by atoms with van der Waals surface area (Å²) in [7, 11) is 0. The Labute approximate surface area is 91.1 Å². The Morgan fingerprint density at radius 1 is 1.46 bits per heavy atom. The third kappa shape index (κ3) is 1.82. The molecule has 0 atom stereocenters. The zero-order valence-electron chi connectivity index (χ0n) is 7.37. The van der Waals surface area contributed by atoms with Crippen LogP contribution in [0.15, 0.2) is 34.0 Å². The molecule has 0 bridgehead atoms. The molecule has 0 aromatic carbocycles. The molecule has 0 aromatic rings. The number of hydrogen-bond donors (Lipinski definition) is 0. The summed E-state index contributed by atoms with van der Waals surface area (Å²) in [5.41, 5.74) is 1.16. The molecule has 0 unspecified atom stereocenters. The zero-order valence-corrected chi connectivity index (χ0v) is 9.52. The van der Waals surface area contributed by atoms with Gasteiger partial charge in [0.2, 0.25) is 0 Å². The number of halogens is 1. The van der Waals surface area contributed by atoms with Crippen LogP contribution in [0.4, 0.5) is 0 Å².